The quantitative estimate of drug-likeness (QED) is 0.604. The zero-order valence-electron chi connectivity index (χ0n) is 18.4. The number of hydrogen-bond donors (Lipinski definition) is 1. The molecule has 1 spiro atoms. The van der Waals surface area contributed by atoms with Gasteiger partial charge in [0.15, 0.2) is 5.82 Å². The number of aromatic nitrogens is 4. The number of amides is 1. The number of carbonyl (C=O) groups is 2. The first-order chi connectivity index (χ1) is 16.0. The van der Waals surface area contributed by atoms with E-state index < -0.39 is 0 Å². The second-order valence-electron chi connectivity index (χ2n) is 9.52. The fraction of sp³-hybridized carbons (Fsp3) is 0.522. The highest BCUT2D eigenvalue weighted by Gasteiger charge is 2.50. The highest BCUT2D eigenvalue weighted by atomic mass is 19.1. The SMILES string of the molecule is CC1=C(N2CCC3(CCC(NCc4ccc5c(c4F)Cn4nnnc4-5)CC3)C2=O)COC1=O. The van der Waals surface area contributed by atoms with E-state index in [4.69, 9.17) is 4.74 Å². The Kier molecular flexibility index (Phi) is 4.62. The summed E-state index contributed by atoms with van der Waals surface area (Å²) in [7, 11) is 0. The number of cyclic esters (lactones) is 1. The summed E-state index contributed by atoms with van der Waals surface area (Å²) in [6.45, 7) is 3.35. The number of nitrogens with zero attached hydrogens (tertiary/aromatic N) is 5. The van der Waals surface area contributed by atoms with E-state index in [-0.39, 0.29) is 35.8 Å². The zero-order valence-corrected chi connectivity index (χ0v) is 18.4. The Balaban J connectivity index is 1.08. The van der Waals surface area contributed by atoms with Crippen LogP contribution in [-0.4, -0.2) is 56.2 Å². The van der Waals surface area contributed by atoms with Crippen LogP contribution in [0.3, 0.4) is 0 Å². The lowest BCUT2D eigenvalue weighted by molar-refractivity contribution is -0.138. The molecule has 1 aromatic carbocycles. The molecule has 1 amide bonds. The van der Waals surface area contributed by atoms with Crippen molar-refractivity contribution in [1.29, 1.82) is 0 Å². The van der Waals surface area contributed by atoms with Crippen molar-refractivity contribution in [2.45, 2.75) is 58.2 Å². The Labute approximate surface area is 190 Å². The van der Waals surface area contributed by atoms with E-state index in [1.807, 2.05) is 6.07 Å². The number of tetrazole rings is 1. The van der Waals surface area contributed by atoms with Crippen LogP contribution in [0.1, 0.15) is 50.2 Å². The minimum Gasteiger partial charge on any atom is -0.456 e. The molecule has 172 valence electrons. The number of hydrogen-bond acceptors (Lipinski definition) is 7. The number of rotatable bonds is 4. The molecule has 0 bridgehead atoms. The average molecular weight is 452 g/mol. The third kappa shape index (κ3) is 3.11. The normalized spacial score (nSPS) is 26.4. The van der Waals surface area contributed by atoms with Crippen LogP contribution in [0, 0.1) is 11.2 Å². The Bertz CT molecular complexity index is 1200. The first-order valence-corrected chi connectivity index (χ1v) is 11.5. The number of likely N-dealkylation sites (tertiary alicyclic amines) is 1. The minimum absolute atomic E-state index is 0.124. The maximum absolute atomic E-state index is 15.1. The van der Waals surface area contributed by atoms with Crippen LogP contribution in [0.5, 0.6) is 0 Å². The van der Waals surface area contributed by atoms with Crippen LogP contribution in [0.15, 0.2) is 23.4 Å². The molecule has 0 unspecified atom stereocenters. The van der Waals surface area contributed by atoms with Crippen molar-refractivity contribution < 1.29 is 18.7 Å². The number of esters is 1. The van der Waals surface area contributed by atoms with Crippen LogP contribution in [0.2, 0.25) is 0 Å². The number of fused-ring (bicyclic) bond motifs is 3. The van der Waals surface area contributed by atoms with Crippen LogP contribution in [-0.2, 0) is 27.4 Å². The molecule has 0 radical (unpaired) electrons. The van der Waals surface area contributed by atoms with Gasteiger partial charge in [-0.2, -0.15) is 0 Å². The minimum atomic E-state index is -0.350. The third-order valence-corrected chi connectivity index (χ3v) is 7.85. The lowest BCUT2D eigenvalue weighted by Gasteiger charge is -2.36. The molecule has 9 nitrogen and oxygen atoms in total. The molecule has 4 aliphatic rings. The number of halogens is 1. The van der Waals surface area contributed by atoms with E-state index in [2.05, 4.69) is 20.8 Å². The molecule has 2 fully saturated rings. The van der Waals surface area contributed by atoms with E-state index >= 15 is 4.39 Å². The number of benzene rings is 1. The zero-order chi connectivity index (χ0) is 22.7. The summed E-state index contributed by atoms with van der Waals surface area (Å²) in [5.41, 5.74) is 2.92. The summed E-state index contributed by atoms with van der Waals surface area (Å²) in [4.78, 5) is 26.8. The summed E-state index contributed by atoms with van der Waals surface area (Å²) >= 11 is 0. The van der Waals surface area contributed by atoms with Gasteiger partial charge in [0.25, 0.3) is 0 Å². The Morgan fingerprint density at radius 2 is 2.06 bits per heavy atom. The molecule has 6 rings (SSSR count). The smallest absolute Gasteiger partial charge is 0.336 e. The molecule has 1 saturated carbocycles. The Hall–Kier alpha value is -3.14. The van der Waals surface area contributed by atoms with Gasteiger partial charge in [-0.1, -0.05) is 12.1 Å². The van der Waals surface area contributed by atoms with Crippen molar-refractivity contribution in [3.05, 3.63) is 40.3 Å². The largest absolute Gasteiger partial charge is 0.456 e. The van der Waals surface area contributed by atoms with Gasteiger partial charge < -0.3 is 15.0 Å². The van der Waals surface area contributed by atoms with E-state index in [0.29, 0.717) is 42.2 Å². The van der Waals surface area contributed by atoms with Gasteiger partial charge in [0.1, 0.15) is 12.4 Å². The third-order valence-electron chi connectivity index (χ3n) is 7.85. The fourth-order valence-corrected chi connectivity index (χ4v) is 5.74. The monoisotopic (exact) mass is 452 g/mol. The summed E-state index contributed by atoms with van der Waals surface area (Å²) in [6, 6.07) is 3.93. The van der Waals surface area contributed by atoms with Crippen LogP contribution < -0.4 is 5.32 Å². The predicted molar refractivity (Wildman–Crippen MR) is 114 cm³/mol. The topological polar surface area (TPSA) is 102 Å². The number of nitrogens with one attached hydrogen (secondary N) is 1. The van der Waals surface area contributed by atoms with Crippen LogP contribution >= 0.6 is 0 Å². The predicted octanol–water partition coefficient (Wildman–Crippen LogP) is 1.92. The molecule has 1 saturated heterocycles. The molecule has 4 heterocycles. The van der Waals surface area contributed by atoms with E-state index in [0.717, 1.165) is 43.4 Å². The number of carbonyl (C=O) groups excluding carboxylic acids is 2. The van der Waals surface area contributed by atoms with E-state index in [1.54, 1.807) is 22.6 Å². The highest BCUT2D eigenvalue weighted by molar-refractivity contribution is 5.94. The molecule has 1 N–H and O–H groups in total. The summed E-state index contributed by atoms with van der Waals surface area (Å²) in [5.74, 6) is 0.191. The fourth-order valence-electron chi connectivity index (χ4n) is 5.74. The molecule has 1 aromatic heterocycles. The van der Waals surface area contributed by atoms with Crippen molar-refractivity contribution in [2.75, 3.05) is 13.2 Å². The maximum Gasteiger partial charge on any atom is 0.336 e. The Morgan fingerprint density at radius 1 is 1.24 bits per heavy atom. The van der Waals surface area contributed by atoms with Crippen molar-refractivity contribution in [3.63, 3.8) is 0 Å². The molecular weight excluding hydrogens is 427 g/mol. The molecule has 1 aliphatic carbocycles. The van der Waals surface area contributed by atoms with E-state index in [9.17, 15) is 9.59 Å². The summed E-state index contributed by atoms with van der Waals surface area (Å²) < 4.78 is 21.8. The molecule has 33 heavy (non-hydrogen) atoms. The van der Waals surface area contributed by atoms with Gasteiger partial charge in [-0.15, -0.1) is 5.10 Å². The first kappa shape index (κ1) is 20.5. The standard InChI is InChI=1S/C23H25FN6O3/c1-13-18(12-33-21(13)31)29-9-8-23(22(29)32)6-4-15(5-7-23)25-10-14-2-3-16-17(19(14)24)11-30-20(16)26-27-28-30/h2-3,15,25H,4-12H2,1H3. The molecule has 0 atom stereocenters. The van der Waals surface area contributed by atoms with Crippen molar-refractivity contribution in [1.82, 2.24) is 30.4 Å². The molecule has 3 aliphatic heterocycles. The van der Waals surface area contributed by atoms with Gasteiger partial charge in [0.05, 0.1) is 23.2 Å². The van der Waals surface area contributed by atoms with Crippen molar-refractivity contribution in [3.8, 4) is 11.4 Å². The molecule has 10 heteroatoms. The maximum atomic E-state index is 15.1. The van der Waals surface area contributed by atoms with Gasteiger partial charge in [-0.05, 0) is 49.5 Å². The van der Waals surface area contributed by atoms with Crippen molar-refractivity contribution in [2.24, 2.45) is 5.41 Å². The van der Waals surface area contributed by atoms with Crippen LogP contribution in [0.25, 0.3) is 11.4 Å². The van der Waals surface area contributed by atoms with Gasteiger partial charge in [-0.3, -0.25) is 4.79 Å². The number of ether oxygens (including phenoxy) is 1. The second-order valence-corrected chi connectivity index (χ2v) is 9.52. The molecular formula is C23H25FN6O3. The van der Waals surface area contributed by atoms with Gasteiger partial charge >= 0.3 is 5.97 Å². The van der Waals surface area contributed by atoms with Gasteiger partial charge in [0.2, 0.25) is 5.91 Å². The highest BCUT2D eigenvalue weighted by Crippen LogP contribution is 2.46. The summed E-state index contributed by atoms with van der Waals surface area (Å²) in [5, 5.41) is 15.0. The van der Waals surface area contributed by atoms with Crippen molar-refractivity contribution >= 4 is 11.9 Å². The second kappa shape index (κ2) is 7.44. The lowest BCUT2D eigenvalue weighted by atomic mass is 9.71. The Morgan fingerprint density at radius 3 is 2.82 bits per heavy atom. The molecule has 2 aromatic rings. The van der Waals surface area contributed by atoms with Gasteiger partial charge in [-0.25, -0.2) is 13.9 Å². The van der Waals surface area contributed by atoms with E-state index in [1.165, 1.54) is 0 Å². The lowest BCUT2D eigenvalue weighted by Crippen LogP contribution is -2.42. The average Bonchev–Trinajstić information content (AvgIpc) is 3.56. The van der Waals surface area contributed by atoms with Crippen LogP contribution in [0.4, 0.5) is 4.39 Å². The van der Waals surface area contributed by atoms with Gasteiger partial charge in [0, 0.05) is 35.8 Å². The summed E-state index contributed by atoms with van der Waals surface area (Å²) in [6.07, 6.45) is 4.14. The first-order valence-electron chi connectivity index (χ1n) is 11.5.